The molecule has 2 fully saturated rings. The first-order valence-corrected chi connectivity index (χ1v) is 12.0. The van der Waals surface area contributed by atoms with Gasteiger partial charge in [0.25, 0.3) is 0 Å². The van der Waals surface area contributed by atoms with Crippen LogP contribution in [0.25, 0.3) is 0 Å². The second-order valence-electron chi connectivity index (χ2n) is 7.86. The molecule has 4 rings (SSSR count). The minimum atomic E-state index is -3.63. The van der Waals surface area contributed by atoms with Gasteiger partial charge in [0, 0.05) is 43.9 Å². The summed E-state index contributed by atoms with van der Waals surface area (Å²) >= 11 is 0. The predicted octanol–water partition coefficient (Wildman–Crippen LogP) is 1.93. The topological polar surface area (TPSA) is 99.7 Å². The van der Waals surface area contributed by atoms with Gasteiger partial charge in [-0.25, -0.2) is 8.42 Å². The summed E-state index contributed by atoms with van der Waals surface area (Å²) in [4.78, 5) is 30.4. The van der Waals surface area contributed by atoms with E-state index in [2.05, 4.69) is 10.3 Å². The maximum Gasteiger partial charge on any atom is 0.243 e. The Kier molecular flexibility index (Phi) is 6.33. The lowest BCUT2D eigenvalue weighted by Gasteiger charge is -2.30. The van der Waals surface area contributed by atoms with Crippen LogP contribution in [-0.2, 0) is 26.2 Å². The number of aromatic nitrogens is 1. The zero-order chi connectivity index (χ0) is 21.8. The van der Waals surface area contributed by atoms with Crippen LogP contribution in [0.1, 0.15) is 31.4 Å². The number of piperidine rings is 1. The largest absolute Gasteiger partial charge is 0.350 e. The summed E-state index contributed by atoms with van der Waals surface area (Å²) in [7, 11) is -3.63. The summed E-state index contributed by atoms with van der Waals surface area (Å²) in [6.45, 7) is 1.64. The number of amides is 2. The van der Waals surface area contributed by atoms with Crippen LogP contribution in [0.3, 0.4) is 0 Å². The van der Waals surface area contributed by atoms with E-state index in [9.17, 15) is 18.0 Å². The first-order chi connectivity index (χ1) is 14.9. The molecule has 2 amide bonds. The summed E-state index contributed by atoms with van der Waals surface area (Å²) in [5.74, 6) is -0.208. The number of sulfonamides is 1. The quantitative estimate of drug-likeness (QED) is 0.737. The fourth-order valence-corrected chi connectivity index (χ4v) is 5.52. The molecule has 0 bridgehead atoms. The fourth-order valence-electron chi connectivity index (χ4n) is 4.05. The van der Waals surface area contributed by atoms with Crippen LogP contribution in [0.4, 0.5) is 5.69 Å². The Labute approximate surface area is 182 Å². The minimum absolute atomic E-state index is 0.0673. The number of rotatable bonds is 6. The molecule has 164 valence electrons. The van der Waals surface area contributed by atoms with Crippen LogP contribution in [0.5, 0.6) is 0 Å². The average molecular weight is 443 g/mol. The van der Waals surface area contributed by atoms with Crippen molar-refractivity contribution in [2.24, 2.45) is 5.92 Å². The molecule has 2 aliphatic heterocycles. The van der Waals surface area contributed by atoms with E-state index in [1.54, 1.807) is 35.4 Å². The Bertz CT molecular complexity index is 1030. The third-order valence-corrected chi connectivity index (χ3v) is 7.77. The summed E-state index contributed by atoms with van der Waals surface area (Å²) in [6, 6.07) is 12.0. The van der Waals surface area contributed by atoms with Gasteiger partial charge in [-0.3, -0.25) is 14.6 Å². The van der Waals surface area contributed by atoms with Gasteiger partial charge in [-0.05, 0) is 55.7 Å². The van der Waals surface area contributed by atoms with Gasteiger partial charge in [0.05, 0.1) is 17.1 Å². The second-order valence-corrected chi connectivity index (χ2v) is 9.80. The van der Waals surface area contributed by atoms with Gasteiger partial charge in [-0.2, -0.15) is 4.31 Å². The zero-order valence-corrected chi connectivity index (χ0v) is 18.1. The Hall–Kier alpha value is -2.78. The van der Waals surface area contributed by atoms with Gasteiger partial charge in [0.15, 0.2) is 0 Å². The van der Waals surface area contributed by atoms with Crippen molar-refractivity contribution in [3.63, 3.8) is 0 Å². The molecule has 0 spiro atoms. The van der Waals surface area contributed by atoms with Crippen LogP contribution in [0.2, 0.25) is 0 Å². The summed E-state index contributed by atoms with van der Waals surface area (Å²) in [5, 5.41) is 2.89. The highest BCUT2D eigenvalue weighted by atomic mass is 32.2. The molecule has 0 radical (unpaired) electrons. The van der Waals surface area contributed by atoms with E-state index in [1.807, 2.05) is 18.2 Å². The van der Waals surface area contributed by atoms with E-state index in [0.29, 0.717) is 45.4 Å². The summed E-state index contributed by atoms with van der Waals surface area (Å²) in [5.41, 5.74) is 1.51. The summed E-state index contributed by atoms with van der Waals surface area (Å²) < 4.78 is 27.5. The molecular formula is C22H26N4O4S. The summed E-state index contributed by atoms with van der Waals surface area (Å²) in [6.07, 6.45) is 4.00. The van der Waals surface area contributed by atoms with Crippen molar-refractivity contribution in [2.75, 3.05) is 24.5 Å². The van der Waals surface area contributed by atoms with Crippen LogP contribution < -0.4 is 10.2 Å². The van der Waals surface area contributed by atoms with Crippen molar-refractivity contribution in [3.8, 4) is 0 Å². The highest BCUT2D eigenvalue weighted by Crippen LogP contribution is 2.27. The monoisotopic (exact) mass is 442 g/mol. The number of pyridine rings is 1. The molecule has 0 saturated carbocycles. The Balaban J connectivity index is 1.33. The van der Waals surface area contributed by atoms with E-state index >= 15 is 0 Å². The SMILES string of the molecule is O=C(NCc1ccccn1)C1CCN(S(=O)(=O)c2ccc(N3CCCC3=O)cc2)CC1. The number of carbonyl (C=O) groups is 2. The fraction of sp³-hybridized carbons (Fsp3) is 0.409. The Morgan fingerprint density at radius 1 is 1.06 bits per heavy atom. The van der Waals surface area contributed by atoms with Crippen LogP contribution in [0.15, 0.2) is 53.6 Å². The van der Waals surface area contributed by atoms with Crippen molar-refractivity contribution in [3.05, 3.63) is 54.4 Å². The number of nitrogens with one attached hydrogen (secondary N) is 1. The zero-order valence-electron chi connectivity index (χ0n) is 17.2. The Morgan fingerprint density at radius 2 is 1.81 bits per heavy atom. The standard InChI is InChI=1S/C22H26N4O4S/c27-21-5-3-13-26(21)19-6-8-20(9-7-19)31(29,30)25-14-10-17(11-15-25)22(28)24-16-18-4-1-2-12-23-18/h1-2,4,6-9,12,17H,3,5,10-11,13-16H2,(H,24,28). The van der Waals surface area contributed by atoms with E-state index < -0.39 is 10.0 Å². The molecule has 2 aromatic rings. The van der Waals surface area contributed by atoms with Gasteiger partial charge in [-0.1, -0.05) is 6.07 Å². The van der Waals surface area contributed by atoms with Gasteiger partial charge in [0.2, 0.25) is 21.8 Å². The number of benzene rings is 1. The first kappa shape index (κ1) is 21.5. The lowest BCUT2D eigenvalue weighted by molar-refractivity contribution is -0.126. The number of anilines is 1. The number of hydrogen-bond acceptors (Lipinski definition) is 5. The van der Waals surface area contributed by atoms with Crippen molar-refractivity contribution >= 4 is 27.5 Å². The molecule has 1 aromatic carbocycles. The van der Waals surface area contributed by atoms with Crippen LogP contribution >= 0.6 is 0 Å². The maximum atomic E-state index is 13.0. The van der Waals surface area contributed by atoms with E-state index in [-0.39, 0.29) is 22.6 Å². The van der Waals surface area contributed by atoms with Crippen molar-refractivity contribution in [1.82, 2.24) is 14.6 Å². The maximum absolute atomic E-state index is 13.0. The van der Waals surface area contributed by atoms with Crippen LogP contribution in [-0.4, -0.2) is 49.2 Å². The molecule has 0 unspecified atom stereocenters. The molecule has 2 saturated heterocycles. The molecule has 2 aliphatic rings. The highest BCUT2D eigenvalue weighted by Gasteiger charge is 2.32. The van der Waals surface area contributed by atoms with Crippen LogP contribution in [0, 0.1) is 5.92 Å². The molecule has 1 N–H and O–H groups in total. The average Bonchev–Trinajstić information content (AvgIpc) is 3.24. The van der Waals surface area contributed by atoms with Gasteiger partial charge in [0.1, 0.15) is 0 Å². The molecule has 3 heterocycles. The van der Waals surface area contributed by atoms with Gasteiger partial charge < -0.3 is 10.2 Å². The van der Waals surface area contributed by atoms with E-state index in [0.717, 1.165) is 17.8 Å². The molecule has 8 nitrogen and oxygen atoms in total. The lowest BCUT2D eigenvalue weighted by Crippen LogP contribution is -2.42. The molecular weight excluding hydrogens is 416 g/mol. The number of nitrogens with zero attached hydrogens (tertiary/aromatic N) is 3. The van der Waals surface area contributed by atoms with E-state index in [1.165, 1.54) is 4.31 Å². The lowest BCUT2D eigenvalue weighted by atomic mass is 9.97. The molecule has 1 aromatic heterocycles. The third kappa shape index (κ3) is 4.77. The van der Waals surface area contributed by atoms with Gasteiger partial charge in [-0.15, -0.1) is 0 Å². The molecule has 0 atom stereocenters. The molecule has 31 heavy (non-hydrogen) atoms. The number of carbonyl (C=O) groups excluding carboxylic acids is 2. The van der Waals surface area contributed by atoms with Crippen molar-refractivity contribution in [2.45, 2.75) is 37.1 Å². The smallest absolute Gasteiger partial charge is 0.243 e. The normalized spacial score (nSPS) is 18.3. The first-order valence-electron chi connectivity index (χ1n) is 10.5. The minimum Gasteiger partial charge on any atom is -0.350 e. The highest BCUT2D eigenvalue weighted by molar-refractivity contribution is 7.89. The predicted molar refractivity (Wildman–Crippen MR) is 116 cm³/mol. The van der Waals surface area contributed by atoms with Gasteiger partial charge >= 0.3 is 0 Å². The third-order valence-electron chi connectivity index (χ3n) is 5.85. The van der Waals surface area contributed by atoms with Crippen molar-refractivity contribution < 1.29 is 18.0 Å². The van der Waals surface area contributed by atoms with E-state index in [4.69, 9.17) is 0 Å². The number of hydrogen-bond donors (Lipinski definition) is 1. The molecule has 0 aliphatic carbocycles. The molecule has 9 heteroatoms. The van der Waals surface area contributed by atoms with Crippen molar-refractivity contribution in [1.29, 1.82) is 0 Å². The Morgan fingerprint density at radius 3 is 2.42 bits per heavy atom. The second kappa shape index (κ2) is 9.15.